The van der Waals surface area contributed by atoms with E-state index in [1.54, 1.807) is 7.11 Å². The summed E-state index contributed by atoms with van der Waals surface area (Å²) in [5.74, 6) is 2.60. The molecule has 1 fully saturated rings. The van der Waals surface area contributed by atoms with E-state index < -0.39 is 0 Å². The molecule has 1 aliphatic heterocycles. The normalized spacial score (nSPS) is 25.4. The molecule has 15 heavy (non-hydrogen) atoms. The predicted octanol–water partition coefficient (Wildman–Crippen LogP) is 2.53. The van der Waals surface area contributed by atoms with E-state index in [-0.39, 0.29) is 0 Å². The van der Waals surface area contributed by atoms with Crippen molar-refractivity contribution in [2.24, 2.45) is 5.41 Å². The minimum Gasteiger partial charge on any atom is -0.385 e. The van der Waals surface area contributed by atoms with Crippen LogP contribution in [0.1, 0.15) is 33.1 Å². The molecular weight excluding hydrogens is 206 g/mol. The van der Waals surface area contributed by atoms with Crippen molar-refractivity contribution in [1.29, 1.82) is 0 Å². The minimum absolute atomic E-state index is 0.521. The molecule has 1 atom stereocenters. The Hall–Kier alpha value is 0.270. The Morgan fingerprint density at radius 2 is 2.20 bits per heavy atom. The highest BCUT2D eigenvalue weighted by Crippen LogP contribution is 2.33. The average molecular weight is 231 g/mol. The summed E-state index contributed by atoms with van der Waals surface area (Å²) in [5, 5.41) is 3.66. The van der Waals surface area contributed by atoms with Gasteiger partial charge in [0.05, 0.1) is 0 Å². The average Bonchev–Trinajstić information content (AvgIpc) is 2.16. The molecule has 0 aromatic rings. The van der Waals surface area contributed by atoms with Gasteiger partial charge in [-0.05, 0) is 37.0 Å². The number of methoxy groups -OCH3 is 1. The molecule has 2 nitrogen and oxygen atoms in total. The monoisotopic (exact) mass is 231 g/mol. The standard InChI is InChI=1S/C12H25NOS/c1-12(2)8-11(9-15-10-12)13-6-4-5-7-14-3/h11,13H,4-10H2,1-3H3. The van der Waals surface area contributed by atoms with E-state index in [0.717, 1.165) is 19.2 Å². The van der Waals surface area contributed by atoms with Crippen LogP contribution < -0.4 is 5.32 Å². The molecule has 0 aromatic carbocycles. The number of unbranched alkanes of at least 4 members (excludes halogenated alkanes) is 1. The molecule has 0 spiro atoms. The lowest BCUT2D eigenvalue weighted by molar-refractivity contribution is 0.192. The largest absolute Gasteiger partial charge is 0.385 e. The van der Waals surface area contributed by atoms with Crippen LogP contribution in [0, 0.1) is 5.41 Å². The first-order valence-corrected chi connectivity index (χ1v) is 7.09. The van der Waals surface area contributed by atoms with Crippen LogP contribution in [0.4, 0.5) is 0 Å². The van der Waals surface area contributed by atoms with Crippen LogP contribution in [0.2, 0.25) is 0 Å². The van der Waals surface area contributed by atoms with Gasteiger partial charge in [0.2, 0.25) is 0 Å². The summed E-state index contributed by atoms with van der Waals surface area (Å²) >= 11 is 2.09. The van der Waals surface area contributed by atoms with E-state index in [2.05, 4.69) is 30.9 Å². The SMILES string of the molecule is COCCCCNC1CSCC(C)(C)C1. The summed E-state index contributed by atoms with van der Waals surface area (Å²) in [7, 11) is 1.77. The number of rotatable bonds is 6. The van der Waals surface area contributed by atoms with Crippen molar-refractivity contribution in [3.05, 3.63) is 0 Å². The molecule has 0 radical (unpaired) electrons. The van der Waals surface area contributed by atoms with Gasteiger partial charge in [0.25, 0.3) is 0 Å². The minimum atomic E-state index is 0.521. The third-order valence-electron chi connectivity index (χ3n) is 2.82. The molecule has 1 saturated heterocycles. The van der Waals surface area contributed by atoms with E-state index in [4.69, 9.17) is 4.74 Å². The van der Waals surface area contributed by atoms with Gasteiger partial charge < -0.3 is 10.1 Å². The maximum Gasteiger partial charge on any atom is 0.0462 e. The molecule has 0 amide bonds. The molecule has 1 rings (SSSR count). The lowest BCUT2D eigenvalue weighted by Gasteiger charge is -2.35. The van der Waals surface area contributed by atoms with Gasteiger partial charge in [0.15, 0.2) is 0 Å². The Morgan fingerprint density at radius 1 is 1.40 bits per heavy atom. The maximum absolute atomic E-state index is 5.04. The number of thioether (sulfide) groups is 1. The summed E-state index contributed by atoms with van der Waals surface area (Å²) in [6, 6.07) is 0.723. The van der Waals surface area contributed by atoms with Crippen molar-refractivity contribution in [2.45, 2.75) is 39.2 Å². The summed E-state index contributed by atoms with van der Waals surface area (Å²) in [4.78, 5) is 0. The summed E-state index contributed by atoms with van der Waals surface area (Å²) in [6.07, 6.45) is 3.73. The fourth-order valence-electron chi connectivity index (χ4n) is 2.07. The van der Waals surface area contributed by atoms with Crippen molar-refractivity contribution in [2.75, 3.05) is 31.8 Å². The molecule has 90 valence electrons. The lowest BCUT2D eigenvalue weighted by Crippen LogP contribution is -2.40. The van der Waals surface area contributed by atoms with Gasteiger partial charge in [-0.3, -0.25) is 0 Å². The number of ether oxygens (including phenoxy) is 1. The second-order valence-corrected chi connectivity index (χ2v) is 6.26. The highest BCUT2D eigenvalue weighted by molar-refractivity contribution is 7.99. The Morgan fingerprint density at radius 3 is 2.87 bits per heavy atom. The summed E-state index contributed by atoms with van der Waals surface area (Å²) in [6.45, 7) is 6.79. The lowest BCUT2D eigenvalue weighted by atomic mass is 9.88. The molecular formula is C12H25NOS. The molecule has 0 aliphatic carbocycles. The smallest absolute Gasteiger partial charge is 0.0462 e. The first-order valence-electron chi connectivity index (χ1n) is 5.94. The van der Waals surface area contributed by atoms with E-state index in [9.17, 15) is 0 Å². The second kappa shape index (κ2) is 6.77. The van der Waals surface area contributed by atoms with Gasteiger partial charge in [-0.2, -0.15) is 11.8 Å². The van der Waals surface area contributed by atoms with Crippen LogP contribution in [0.3, 0.4) is 0 Å². The van der Waals surface area contributed by atoms with E-state index in [1.807, 2.05) is 0 Å². The molecule has 0 saturated carbocycles. The van der Waals surface area contributed by atoms with Crippen molar-refractivity contribution in [3.8, 4) is 0 Å². The number of hydrogen-bond acceptors (Lipinski definition) is 3. The predicted molar refractivity (Wildman–Crippen MR) is 68.6 cm³/mol. The van der Waals surface area contributed by atoms with Crippen molar-refractivity contribution >= 4 is 11.8 Å². The first kappa shape index (κ1) is 13.3. The van der Waals surface area contributed by atoms with Gasteiger partial charge in [-0.1, -0.05) is 13.8 Å². The van der Waals surface area contributed by atoms with Crippen LogP contribution in [-0.2, 0) is 4.74 Å². The van der Waals surface area contributed by atoms with Gasteiger partial charge in [0.1, 0.15) is 0 Å². The van der Waals surface area contributed by atoms with Gasteiger partial charge in [0, 0.05) is 25.5 Å². The first-order chi connectivity index (χ1) is 7.14. The second-order valence-electron chi connectivity index (χ2n) is 5.23. The Kier molecular flexibility index (Phi) is 6.02. The summed E-state index contributed by atoms with van der Waals surface area (Å²) < 4.78 is 5.04. The van der Waals surface area contributed by atoms with E-state index in [0.29, 0.717) is 5.41 Å². The van der Waals surface area contributed by atoms with E-state index in [1.165, 1.54) is 30.8 Å². The molecule has 1 N–H and O–H groups in total. The van der Waals surface area contributed by atoms with Crippen molar-refractivity contribution in [1.82, 2.24) is 5.32 Å². The van der Waals surface area contributed by atoms with Gasteiger partial charge in [-0.15, -0.1) is 0 Å². The zero-order chi connectivity index (χ0) is 11.1. The molecule has 3 heteroatoms. The fourth-order valence-corrected chi connectivity index (χ4v) is 3.38. The van der Waals surface area contributed by atoms with Gasteiger partial charge in [-0.25, -0.2) is 0 Å². The molecule has 0 bridgehead atoms. The molecule has 1 heterocycles. The third-order valence-corrected chi connectivity index (χ3v) is 4.44. The van der Waals surface area contributed by atoms with Crippen LogP contribution in [0.25, 0.3) is 0 Å². The van der Waals surface area contributed by atoms with Crippen LogP contribution >= 0.6 is 11.8 Å². The van der Waals surface area contributed by atoms with Crippen LogP contribution in [0.15, 0.2) is 0 Å². The topological polar surface area (TPSA) is 21.3 Å². The van der Waals surface area contributed by atoms with Crippen LogP contribution in [0.5, 0.6) is 0 Å². The molecule has 1 aliphatic rings. The highest BCUT2D eigenvalue weighted by atomic mass is 32.2. The zero-order valence-electron chi connectivity index (χ0n) is 10.3. The maximum atomic E-state index is 5.04. The van der Waals surface area contributed by atoms with E-state index >= 15 is 0 Å². The van der Waals surface area contributed by atoms with Crippen LogP contribution in [-0.4, -0.2) is 37.8 Å². The van der Waals surface area contributed by atoms with Crippen molar-refractivity contribution < 1.29 is 4.74 Å². The fraction of sp³-hybridized carbons (Fsp3) is 1.00. The quantitative estimate of drug-likeness (QED) is 0.710. The highest BCUT2D eigenvalue weighted by Gasteiger charge is 2.27. The molecule has 1 unspecified atom stereocenters. The molecule has 0 aromatic heterocycles. The van der Waals surface area contributed by atoms with Crippen molar-refractivity contribution in [3.63, 3.8) is 0 Å². The summed E-state index contributed by atoms with van der Waals surface area (Å²) in [5.41, 5.74) is 0.521. The Labute approximate surface area is 98.5 Å². The number of nitrogens with one attached hydrogen (secondary N) is 1. The Balaban J connectivity index is 2.05. The third kappa shape index (κ3) is 5.79. The number of hydrogen-bond donors (Lipinski definition) is 1. The van der Waals surface area contributed by atoms with Gasteiger partial charge >= 0.3 is 0 Å². The Bertz CT molecular complexity index is 173. The zero-order valence-corrected chi connectivity index (χ0v) is 11.2.